The molecule has 1 unspecified atom stereocenters. The first-order valence-corrected chi connectivity index (χ1v) is 7.50. The highest BCUT2D eigenvalue weighted by Crippen LogP contribution is 2.17. The molecule has 2 amide bonds. The molecule has 3 rings (SSSR count). The zero-order valence-corrected chi connectivity index (χ0v) is 14.5. The van der Waals surface area contributed by atoms with Gasteiger partial charge in [0.15, 0.2) is 0 Å². The maximum Gasteiger partial charge on any atom is 0.236 e. The van der Waals surface area contributed by atoms with Crippen molar-refractivity contribution in [1.82, 2.24) is 25.3 Å². The highest BCUT2D eigenvalue weighted by molar-refractivity contribution is 5.85. The summed E-state index contributed by atoms with van der Waals surface area (Å²) < 4.78 is 0. The topological polar surface area (TPSA) is 81.3 Å². The Bertz CT molecular complexity index is 511. The second kappa shape index (κ2) is 9.10. The summed E-state index contributed by atoms with van der Waals surface area (Å²) in [5.74, 6) is 0.251. The van der Waals surface area contributed by atoms with Crippen molar-refractivity contribution in [2.45, 2.75) is 25.3 Å². The van der Waals surface area contributed by atoms with Gasteiger partial charge in [-0.2, -0.15) is 5.10 Å². The van der Waals surface area contributed by atoms with Crippen LogP contribution in [-0.2, 0) is 16.0 Å². The third-order valence-electron chi connectivity index (χ3n) is 4.22. The van der Waals surface area contributed by atoms with E-state index in [2.05, 4.69) is 15.5 Å². The van der Waals surface area contributed by atoms with Gasteiger partial charge in [0, 0.05) is 44.1 Å². The number of hydrogen-bond acceptors (Lipinski definition) is 4. The highest BCUT2D eigenvalue weighted by atomic mass is 35.5. The highest BCUT2D eigenvalue weighted by Gasteiger charge is 2.31. The molecule has 0 saturated carbocycles. The number of nitrogens with one attached hydrogen (secondary N) is 2. The summed E-state index contributed by atoms with van der Waals surface area (Å²) in [6, 6.07) is 1.98. The Hall–Kier alpha value is -1.31. The van der Waals surface area contributed by atoms with Gasteiger partial charge >= 0.3 is 0 Å². The second-order valence-corrected chi connectivity index (χ2v) is 5.66. The van der Waals surface area contributed by atoms with Crippen molar-refractivity contribution in [2.75, 3.05) is 32.7 Å². The second-order valence-electron chi connectivity index (χ2n) is 5.66. The molecule has 9 heteroatoms. The van der Waals surface area contributed by atoms with Crippen LogP contribution >= 0.6 is 24.8 Å². The van der Waals surface area contributed by atoms with E-state index in [0.29, 0.717) is 19.5 Å². The first-order valence-electron chi connectivity index (χ1n) is 7.50. The molecule has 130 valence electrons. The van der Waals surface area contributed by atoms with E-state index in [1.165, 1.54) is 0 Å². The quantitative estimate of drug-likeness (QED) is 0.804. The third-order valence-corrected chi connectivity index (χ3v) is 4.22. The number of likely N-dealkylation sites (tertiary alicyclic amines) is 1. The Morgan fingerprint density at radius 1 is 1.35 bits per heavy atom. The Morgan fingerprint density at radius 2 is 2.17 bits per heavy atom. The minimum atomic E-state index is 0. The lowest BCUT2D eigenvalue weighted by atomic mass is 10.0. The van der Waals surface area contributed by atoms with E-state index in [9.17, 15) is 9.59 Å². The van der Waals surface area contributed by atoms with E-state index in [0.717, 1.165) is 38.2 Å². The molecule has 3 heterocycles. The van der Waals surface area contributed by atoms with Crippen LogP contribution in [0.15, 0.2) is 12.3 Å². The van der Waals surface area contributed by atoms with Gasteiger partial charge in [0.25, 0.3) is 0 Å². The molecule has 1 aromatic heterocycles. The molecular formula is C14H23Cl2N5O2. The maximum atomic E-state index is 12.3. The fraction of sp³-hybridized carbons (Fsp3) is 0.643. The molecule has 0 aliphatic carbocycles. The summed E-state index contributed by atoms with van der Waals surface area (Å²) >= 11 is 0. The number of halogens is 2. The SMILES string of the molecule is Cl.Cl.O=C(Cc1ccn[nH]1)N1CCCC(N2CCNCC2=O)C1. The Kier molecular flexibility index (Phi) is 7.81. The van der Waals surface area contributed by atoms with Gasteiger partial charge in [0.2, 0.25) is 11.8 Å². The lowest BCUT2D eigenvalue weighted by molar-refractivity contribution is -0.140. The van der Waals surface area contributed by atoms with E-state index in [4.69, 9.17) is 0 Å². The van der Waals surface area contributed by atoms with Gasteiger partial charge in [-0.25, -0.2) is 0 Å². The van der Waals surface area contributed by atoms with Crippen molar-refractivity contribution in [3.63, 3.8) is 0 Å². The molecule has 7 nitrogen and oxygen atoms in total. The Morgan fingerprint density at radius 3 is 2.87 bits per heavy atom. The van der Waals surface area contributed by atoms with Crippen molar-refractivity contribution in [2.24, 2.45) is 0 Å². The van der Waals surface area contributed by atoms with Gasteiger partial charge in [-0.3, -0.25) is 14.7 Å². The largest absolute Gasteiger partial charge is 0.340 e. The third kappa shape index (κ3) is 4.83. The van der Waals surface area contributed by atoms with Crippen LogP contribution in [0.25, 0.3) is 0 Å². The van der Waals surface area contributed by atoms with E-state index in [1.807, 2.05) is 15.9 Å². The number of piperidine rings is 1. The fourth-order valence-electron chi connectivity index (χ4n) is 3.10. The average molecular weight is 364 g/mol. The summed E-state index contributed by atoms with van der Waals surface area (Å²) in [5, 5.41) is 9.77. The number of aromatic amines is 1. The van der Waals surface area contributed by atoms with Gasteiger partial charge in [-0.1, -0.05) is 0 Å². The standard InChI is InChI=1S/C14H21N5O2.2ClH/c20-13(8-11-3-4-16-17-11)18-6-1-2-12(10-18)19-7-5-15-9-14(19)21;;/h3-4,12,15H,1-2,5-10H2,(H,16,17);2*1H. The molecule has 2 aliphatic rings. The normalized spacial score (nSPS) is 21.4. The predicted octanol–water partition coefficient (Wildman–Crippen LogP) is 0.219. The number of H-pyrrole nitrogens is 1. The molecule has 0 bridgehead atoms. The van der Waals surface area contributed by atoms with Crippen molar-refractivity contribution >= 4 is 36.6 Å². The van der Waals surface area contributed by atoms with Gasteiger partial charge in [-0.05, 0) is 18.9 Å². The average Bonchev–Trinajstić information content (AvgIpc) is 3.01. The van der Waals surface area contributed by atoms with E-state index in [-0.39, 0.29) is 42.7 Å². The lowest BCUT2D eigenvalue weighted by Crippen LogP contribution is -2.57. The van der Waals surface area contributed by atoms with Crippen LogP contribution in [0, 0.1) is 0 Å². The number of nitrogens with zero attached hydrogens (tertiary/aromatic N) is 3. The minimum Gasteiger partial charge on any atom is -0.340 e. The first-order chi connectivity index (χ1) is 10.2. The van der Waals surface area contributed by atoms with E-state index >= 15 is 0 Å². The molecule has 23 heavy (non-hydrogen) atoms. The predicted molar refractivity (Wildman–Crippen MR) is 91.0 cm³/mol. The van der Waals surface area contributed by atoms with Crippen LogP contribution in [0.2, 0.25) is 0 Å². The maximum absolute atomic E-state index is 12.3. The number of carbonyl (C=O) groups excluding carboxylic acids is 2. The molecule has 0 spiro atoms. The molecule has 2 aliphatic heterocycles. The number of rotatable bonds is 3. The summed E-state index contributed by atoms with van der Waals surface area (Å²) in [7, 11) is 0. The van der Waals surface area contributed by atoms with Gasteiger partial charge < -0.3 is 15.1 Å². The smallest absolute Gasteiger partial charge is 0.236 e. The lowest BCUT2D eigenvalue weighted by Gasteiger charge is -2.41. The number of aromatic nitrogens is 2. The van der Waals surface area contributed by atoms with Crippen molar-refractivity contribution < 1.29 is 9.59 Å². The van der Waals surface area contributed by atoms with E-state index in [1.54, 1.807) is 6.20 Å². The molecule has 0 aromatic carbocycles. The van der Waals surface area contributed by atoms with Crippen LogP contribution in [-0.4, -0.2) is 70.6 Å². The van der Waals surface area contributed by atoms with Gasteiger partial charge in [0.1, 0.15) is 0 Å². The number of piperazine rings is 1. The minimum absolute atomic E-state index is 0. The first kappa shape index (κ1) is 19.7. The van der Waals surface area contributed by atoms with Crippen molar-refractivity contribution in [3.8, 4) is 0 Å². The fourth-order valence-corrected chi connectivity index (χ4v) is 3.10. The summed E-state index contributed by atoms with van der Waals surface area (Å²) in [6.45, 7) is 3.43. The molecule has 0 radical (unpaired) electrons. The number of hydrogen-bond donors (Lipinski definition) is 2. The van der Waals surface area contributed by atoms with Gasteiger partial charge in [-0.15, -0.1) is 24.8 Å². The summed E-state index contributed by atoms with van der Waals surface area (Å²) in [6.07, 6.45) is 3.94. The molecule has 1 atom stereocenters. The van der Waals surface area contributed by atoms with Crippen LogP contribution in [0.1, 0.15) is 18.5 Å². The molecule has 2 N–H and O–H groups in total. The monoisotopic (exact) mass is 363 g/mol. The number of amides is 2. The van der Waals surface area contributed by atoms with Crippen LogP contribution in [0.4, 0.5) is 0 Å². The molecule has 1 aromatic rings. The van der Waals surface area contributed by atoms with Crippen molar-refractivity contribution in [1.29, 1.82) is 0 Å². The van der Waals surface area contributed by atoms with Gasteiger partial charge in [0.05, 0.1) is 13.0 Å². The molecular weight excluding hydrogens is 341 g/mol. The number of carbonyl (C=O) groups is 2. The summed E-state index contributed by atoms with van der Waals surface area (Å²) in [4.78, 5) is 28.1. The van der Waals surface area contributed by atoms with Crippen molar-refractivity contribution in [3.05, 3.63) is 18.0 Å². The van der Waals surface area contributed by atoms with Crippen LogP contribution in [0.5, 0.6) is 0 Å². The zero-order valence-electron chi connectivity index (χ0n) is 12.9. The zero-order chi connectivity index (χ0) is 14.7. The Labute approximate surface area is 148 Å². The molecule has 2 fully saturated rings. The van der Waals surface area contributed by atoms with E-state index < -0.39 is 0 Å². The van der Waals surface area contributed by atoms with Crippen LogP contribution in [0.3, 0.4) is 0 Å². The summed E-state index contributed by atoms with van der Waals surface area (Å²) in [5.41, 5.74) is 0.834. The Balaban J connectivity index is 0.00000132. The van der Waals surface area contributed by atoms with Crippen LogP contribution < -0.4 is 5.32 Å². The molecule has 2 saturated heterocycles.